The van der Waals surface area contributed by atoms with Crippen molar-refractivity contribution >= 4 is 12.2 Å². The van der Waals surface area contributed by atoms with Gasteiger partial charge in [0.1, 0.15) is 0 Å². The summed E-state index contributed by atoms with van der Waals surface area (Å²) in [6.45, 7) is 8.82. The second-order valence-corrected chi connectivity index (χ2v) is 7.27. The molecule has 0 radical (unpaired) electrons. The third kappa shape index (κ3) is 11.8. The van der Waals surface area contributed by atoms with Crippen LogP contribution in [-0.2, 0) is 4.74 Å². The molecule has 2 aromatic heterocycles. The van der Waals surface area contributed by atoms with Gasteiger partial charge in [0.2, 0.25) is 5.95 Å². The van der Waals surface area contributed by atoms with Gasteiger partial charge >= 0.3 is 0 Å². The Morgan fingerprint density at radius 2 is 1.69 bits per heavy atom. The lowest BCUT2D eigenvalue weighted by Crippen LogP contribution is -2.00. The minimum Gasteiger partial charge on any atom is -0.381 e. The average Bonchev–Trinajstić information content (AvgIpc) is 2.88. The monoisotopic (exact) mass is 507 g/mol. The highest BCUT2D eigenvalue weighted by atomic mass is 19.3. The second kappa shape index (κ2) is 18.0. The molecule has 0 amide bonds. The second-order valence-electron chi connectivity index (χ2n) is 7.27. The fourth-order valence-corrected chi connectivity index (χ4v) is 2.61. The minimum atomic E-state index is -2.53. The molecule has 0 unspecified atom stereocenters. The van der Waals surface area contributed by atoms with Crippen LogP contribution in [-0.4, -0.2) is 41.1 Å². The van der Waals surface area contributed by atoms with Crippen LogP contribution in [0.4, 0.5) is 23.5 Å². The van der Waals surface area contributed by atoms with Crippen LogP contribution >= 0.6 is 0 Å². The van der Waals surface area contributed by atoms with Gasteiger partial charge in [0.05, 0.1) is 30.5 Å². The summed E-state index contributed by atoms with van der Waals surface area (Å²) in [5, 5.41) is 3.96. The van der Waals surface area contributed by atoms with Crippen LogP contribution in [0.2, 0.25) is 0 Å². The molecule has 0 saturated carbocycles. The normalized spacial score (nSPS) is 10.5. The zero-order chi connectivity index (χ0) is 26.8. The van der Waals surface area contributed by atoms with E-state index in [4.69, 9.17) is 4.74 Å². The molecule has 0 aliphatic rings. The van der Waals surface area contributed by atoms with Gasteiger partial charge in [0.25, 0.3) is 6.43 Å². The molecule has 0 fully saturated rings. The molecule has 10 heteroatoms. The van der Waals surface area contributed by atoms with Gasteiger partial charge in [0, 0.05) is 25.0 Å². The highest BCUT2D eigenvalue weighted by Crippen LogP contribution is 2.25. The molecule has 0 aliphatic carbocycles. The molecule has 1 aromatic carbocycles. The van der Waals surface area contributed by atoms with Gasteiger partial charge in [0.15, 0.2) is 5.82 Å². The smallest absolute Gasteiger partial charge is 0.263 e. The molecule has 6 nitrogen and oxygen atoms in total. The first-order valence-corrected chi connectivity index (χ1v) is 11.6. The van der Waals surface area contributed by atoms with Gasteiger partial charge < -0.3 is 4.74 Å². The lowest BCUT2D eigenvalue weighted by Gasteiger charge is -2.05. The van der Waals surface area contributed by atoms with E-state index in [-0.39, 0.29) is 23.9 Å². The summed E-state index contributed by atoms with van der Waals surface area (Å²) in [6.07, 6.45) is 3.79. The topological polar surface area (TPSA) is 72.3 Å². The number of benzene rings is 1. The van der Waals surface area contributed by atoms with Crippen molar-refractivity contribution < 1.29 is 22.3 Å². The number of pyridine rings is 1. The predicted molar refractivity (Wildman–Crippen MR) is 136 cm³/mol. The Kier molecular flexibility index (Phi) is 15.3. The maximum Gasteiger partial charge on any atom is 0.263 e. The zero-order valence-corrected chi connectivity index (χ0v) is 21.0. The summed E-state index contributed by atoms with van der Waals surface area (Å²) in [7, 11) is 0. The highest BCUT2D eigenvalue weighted by Gasteiger charge is 2.08. The lowest BCUT2D eigenvalue weighted by atomic mass is 10.0. The summed E-state index contributed by atoms with van der Waals surface area (Å²) >= 11 is 0. The van der Waals surface area contributed by atoms with Crippen molar-refractivity contribution in [2.45, 2.75) is 47.0 Å². The largest absolute Gasteiger partial charge is 0.381 e. The summed E-state index contributed by atoms with van der Waals surface area (Å²) in [5.74, 6) is -0.346. The molecular weight excluding hydrogens is 474 g/mol. The van der Waals surface area contributed by atoms with E-state index in [0.29, 0.717) is 11.3 Å². The Bertz CT molecular complexity index is 1050. The van der Waals surface area contributed by atoms with Gasteiger partial charge in [-0.3, -0.25) is 9.37 Å². The molecule has 1 N–H and O–H groups in total. The lowest BCUT2D eigenvalue weighted by molar-refractivity contribution is 0.135. The van der Waals surface area contributed by atoms with Crippen molar-refractivity contribution in [2.75, 3.05) is 25.3 Å². The van der Waals surface area contributed by atoms with Crippen molar-refractivity contribution in [3.8, 4) is 11.1 Å². The van der Waals surface area contributed by atoms with Crippen molar-refractivity contribution in [3.63, 3.8) is 0 Å². The number of nitrogens with zero attached hydrogens (tertiary/aromatic N) is 4. The number of nitrogens with one attached hydrogen (secondary N) is 1. The number of aromatic nitrogens is 3. The first-order chi connectivity index (χ1) is 17.4. The molecule has 36 heavy (non-hydrogen) atoms. The number of rotatable bonds is 9. The van der Waals surface area contributed by atoms with Crippen molar-refractivity contribution in [1.29, 1.82) is 0 Å². The molecular formula is C26H33F4N5O. The van der Waals surface area contributed by atoms with Crippen LogP contribution in [0.1, 0.15) is 57.0 Å². The quantitative estimate of drug-likeness (QED) is 0.144. The molecule has 0 spiro atoms. The Labute approximate surface area is 209 Å². The maximum atomic E-state index is 13.1. The van der Waals surface area contributed by atoms with Gasteiger partial charge in [-0.2, -0.15) is 5.10 Å². The van der Waals surface area contributed by atoms with Crippen molar-refractivity contribution in [3.05, 3.63) is 71.6 Å². The Balaban J connectivity index is 0.000000552. The summed E-state index contributed by atoms with van der Waals surface area (Å²) in [4.78, 5) is 11.8. The molecule has 3 aromatic rings. The molecule has 196 valence electrons. The first-order valence-electron chi connectivity index (χ1n) is 11.6. The number of ether oxygens (including phenoxy) is 1. The third-order valence-electron chi connectivity index (χ3n) is 4.23. The van der Waals surface area contributed by atoms with E-state index in [0.717, 1.165) is 37.8 Å². The molecule has 3 rings (SSSR count). The maximum absolute atomic E-state index is 13.1. The predicted octanol–water partition coefficient (Wildman–Crippen LogP) is 7.17. The number of hydrazone groups is 1. The van der Waals surface area contributed by atoms with Crippen LogP contribution in [0.3, 0.4) is 0 Å². The van der Waals surface area contributed by atoms with Gasteiger partial charge in [-0.15, -0.1) is 0 Å². The zero-order valence-electron chi connectivity index (χ0n) is 21.0. The molecule has 0 bridgehead atoms. The summed E-state index contributed by atoms with van der Waals surface area (Å²) in [6, 6.07) is 9.59. The number of aryl methyl sites for hydroxylation is 1. The SMILES string of the molecule is CCCOCCC.CCF.Cc1nc(N/N=C\c2cc(-c3cccc(C(F)F)c3)ccn2)ncc1F. The van der Waals surface area contributed by atoms with E-state index in [2.05, 4.69) is 39.3 Å². The van der Waals surface area contributed by atoms with Crippen LogP contribution in [0.15, 0.2) is 53.9 Å². The van der Waals surface area contributed by atoms with Crippen LogP contribution in [0.25, 0.3) is 11.1 Å². The van der Waals surface area contributed by atoms with E-state index >= 15 is 0 Å². The van der Waals surface area contributed by atoms with Gasteiger partial charge in [-0.25, -0.2) is 28.6 Å². The van der Waals surface area contributed by atoms with Gasteiger partial charge in [-0.05, 0) is 56.0 Å². The van der Waals surface area contributed by atoms with E-state index in [9.17, 15) is 17.6 Å². The van der Waals surface area contributed by atoms with Crippen molar-refractivity contribution in [1.82, 2.24) is 15.0 Å². The van der Waals surface area contributed by atoms with Crippen LogP contribution in [0, 0.1) is 12.7 Å². The van der Waals surface area contributed by atoms with E-state index in [1.807, 2.05) is 0 Å². The Hall–Kier alpha value is -3.40. The van der Waals surface area contributed by atoms with Crippen LogP contribution in [0.5, 0.6) is 0 Å². The first kappa shape index (κ1) is 30.6. The van der Waals surface area contributed by atoms with E-state index in [1.165, 1.54) is 32.2 Å². The average molecular weight is 508 g/mol. The van der Waals surface area contributed by atoms with Gasteiger partial charge in [-0.1, -0.05) is 32.0 Å². The molecule has 0 atom stereocenters. The van der Waals surface area contributed by atoms with Crippen molar-refractivity contribution in [2.24, 2.45) is 5.10 Å². The number of hydrogen-bond acceptors (Lipinski definition) is 6. The van der Waals surface area contributed by atoms with Crippen LogP contribution < -0.4 is 5.43 Å². The molecule has 0 saturated heterocycles. The number of anilines is 1. The summed E-state index contributed by atoms with van der Waals surface area (Å²) < 4.78 is 54.2. The summed E-state index contributed by atoms with van der Waals surface area (Å²) in [5.41, 5.74) is 4.65. The van der Waals surface area contributed by atoms with E-state index in [1.54, 1.807) is 30.5 Å². The molecule has 0 aliphatic heterocycles. The van der Waals surface area contributed by atoms with E-state index < -0.39 is 12.2 Å². The number of alkyl halides is 3. The fourth-order valence-electron chi connectivity index (χ4n) is 2.61. The molecule has 2 heterocycles. The fraction of sp³-hybridized carbons (Fsp3) is 0.385. The number of hydrogen-bond donors (Lipinski definition) is 1. The standard InChI is InChI=1S/C18H14F3N5.C6H14O.C2H5F/c1-11-16(19)10-23-18(25-11)26-24-9-15-8-13(5-6-22-15)12-3-2-4-14(7-12)17(20)21;1-3-5-7-6-4-2;1-2-3/h2-10,17H,1H3,(H,23,25,26);3-6H2,1-2H3;2H2,1H3/b24-9-;;. The minimum absolute atomic E-state index is 0.0416. The Morgan fingerprint density at radius 3 is 2.31 bits per heavy atom. The number of halogens is 4. The highest BCUT2D eigenvalue weighted by molar-refractivity contribution is 5.80. The third-order valence-corrected chi connectivity index (χ3v) is 4.23. The Morgan fingerprint density at radius 1 is 1.03 bits per heavy atom.